The van der Waals surface area contributed by atoms with E-state index in [0.717, 1.165) is 25.9 Å². The number of hydrogen-bond acceptors (Lipinski definition) is 3. The summed E-state index contributed by atoms with van der Waals surface area (Å²) < 4.78 is 0. The molecule has 108 valence electrons. The number of halogens is 1. The van der Waals surface area contributed by atoms with Crippen molar-refractivity contribution in [3.05, 3.63) is 22.4 Å². The number of hydrogen-bond donors (Lipinski definition) is 2. The molecule has 2 N–H and O–H groups in total. The smallest absolute Gasteiger partial charge is 0.224 e. The van der Waals surface area contributed by atoms with Crippen LogP contribution >= 0.6 is 23.7 Å². The van der Waals surface area contributed by atoms with Crippen molar-refractivity contribution in [2.24, 2.45) is 5.92 Å². The second kappa shape index (κ2) is 7.27. The fourth-order valence-electron chi connectivity index (χ4n) is 2.28. The quantitative estimate of drug-likeness (QED) is 0.897. The lowest BCUT2D eigenvalue weighted by molar-refractivity contribution is -0.125. The minimum atomic E-state index is 0. The third kappa shape index (κ3) is 4.48. The van der Waals surface area contributed by atoms with E-state index in [1.54, 1.807) is 11.3 Å². The third-order valence-electron chi connectivity index (χ3n) is 3.56. The summed E-state index contributed by atoms with van der Waals surface area (Å²) in [7, 11) is 0. The van der Waals surface area contributed by atoms with Crippen LogP contribution in [0.4, 0.5) is 0 Å². The molecule has 1 aliphatic rings. The van der Waals surface area contributed by atoms with Gasteiger partial charge >= 0.3 is 0 Å². The van der Waals surface area contributed by atoms with Gasteiger partial charge < -0.3 is 10.6 Å². The molecule has 0 aliphatic carbocycles. The summed E-state index contributed by atoms with van der Waals surface area (Å²) in [5.74, 6) is 0.352. The summed E-state index contributed by atoms with van der Waals surface area (Å²) in [4.78, 5) is 13.4. The Labute approximate surface area is 125 Å². The van der Waals surface area contributed by atoms with Gasteiger partial charge in [0.1, 0.15) is 0 Å². The summed E-state index contributed by atoms with van der Waals surface area (Å²) >= 11 is 1.75. The number of carbonyl (C=O) groups excluding carboxylic acids is 1. The molecule has 1 aromatic rings. The Morgan fingerprint density at radius 3 is 2.95 bits per heavy atom. The Morgan fingerprint density at radius 2 is 2.37 bits per heavy atom. The molecule has 1 unspecified atom stereocenters. The van der Waals surface area contributed by atoms with E-state index < -0.39 is 0 Å². The largest absolute Gasteiger partial charge is 0.355 e. The molecule has 3 nitrogen and oxygen atoms in total. The number of piperidine rings is 1. The first kappa shape index (κ1) is 16.5. The molecule has 1 atom stereocenters. The van der Waals surface area contributed by atoms with Crippen molar-refractivity contribution >= 4 is 29.7 Å². The van der Waals surface area contributed by atoms with Crippen LogP contribution in [0.5, 0.6) is 0 Å². The first-order valence-electron chi connectivity index (χ1n) is 6.62. The Hall–Kier alpha value is -0.580. The third-order valence-corrected chi connectivity index (χ3v) is 4.80. The van der Waals surface area contributed by atoms with Gasteiger partial charge in [-0.15, -0.1) is 23.7 Å². The van der Waals surface area contributed by atoms with Crippen LogP contribution in [0.25, 0.3) is 0 Å². The second-order valence-electron chi connectivity index (χ2n) is 5.62. The fourth-order valence-corrected chi connectivity index (χ4v) is 3.13. The lowest BCUT2D eigenvalue weighted by Gasteiger charge is -2.27. The highest BCUT2D eigenvalue weighted by atomic mass is 35.5. The van der Waals surface area contributed by atoms with Crippen LogP contribution in [-0.2, 0) is 10.2 Å². The van der Waals surface area contributed by atoms with E-state index in [1.807, 2.05) is 0 Å². The number of rotatable bonds is 4. The average Bonchev–Trinajstić information content (AvgIpc) is 2.92. The molecule has 0 saturated carbocycles. The lowest BCUT2D eigenvalue weighted by Crippen LogP contribution is -2.44. The predicted octanol–water partition coefficient (Wildman–Crippen LogP) is 2.56. The minimum absolute atomic E-state index is 0. The number of amides is 1. The van der Waals surface area contributed by atoms with E-state index in [9.17, 15) is 4.79 Å². The van der Waals surface area contributed by atoms with Gasteiger partial charge in [0.15, 0.2) is 0 Å². The summed E-state index contributed by atoms with van der Waals surface area (Å²) in [5, 5.41) is 8.48. The lowest BCUT2D eigenvalue weighted by atomic mass is 9.90. The summed E-state index contributed by atoms with van der Waals surface area (Å²) in [6.07, 6.45) is 2.12. The van der Waals surface area contributed by atoms with Crippen LogP contribution in [0.1, 0.15) is 31.6 Å². The van der Waals surface area contributed by atoms with Gasteiger partial charge in [-0.2, -0.15) is 0 Å². The molecule has 1 fully saturated rings. The van der Waals surface area contributed by atoms with Crippen molar-refractivity contribution in [1.82, 2.24) is 10.6 Å². The maximum atomic E-state index is 12.1. The number of thiophene rings is 1. The molecule has 1 saturated heterocycles. The highest BCUT2D eigenvalue weighted by molar-refractivity contribution is 7.10. The second-order valence-corrected chi connectivity index (χ2v) is 6.57. The SMILES string of the molecule is CC(C)(CNC(=O)C1CCCNC1)c1cccs1.Cl. The van der Waals surface area contributed by atoms with Crippen LogP contribution in [0.15, 0.2) is 17.5 Å². The van der Waals surface area contributed by atoms with Gasteiger partial charge in [-0.1, -0.05) is 19.9 Å². The molecule has 2 rings (SSSR count). The van der Waals surface area contributed by atoms with Crippen molar-refractivity contribution in [2.45, 2.75) is 32.1 Å². The van der Waals surface area contributed by atoms with E-state index in [0.29, 0.717) is 6.54 Å². The van der Waals surface area contributed by atoms with Gasteiger partial charge in [-0.05, 0) is 30.8 Å². The van der Waals surface area contributed by atoms with E-state index in [2.05, 4.69) is 42.0 Å². The van der Waals surface area contributed by atoms with Crippen LogP contribution < -0.4 is 10.6 Å². The van der Waals surface area contributed by atoms with E-state index in [-0.39, 0.29) is 29.6 Å². The molecule has 1 aliphatic heterocycles. The molecule has 1 aromatic heterocycles. The molecule has 0 spiro atoms. The van der Waals surface area contributed by atoms with Gasteiger partial charge in [0, 0.05) is 23.4 Å². The average molecular weight is 303 g/mol. The molecule has 5 heteroatoms. The van der Waals surface area contributed by atoms with Gasteiger partial charge in [0.25, 0.3) is 0 Å². The Bertz CT molecular complexity index is 386. The van der Waals surface area contributed by atoms with Crippen LogP contribution in [0.3, 0.4) is 0 Å². The summed E-state index contributed by atoms with van der Waals surface area (Å²) in [6.45, 7) is 6.94. The minimum Gasteiger partial charge on any atom is -0.355 e. The van der Waals surface area contributed by atoms with Crippen LogP contribution in [-0.4, -0.2) is 25.5 Å². The Kier molecular flexibility index (Phi) is 6.30. The predicted molar refractivity (Wildman–Crippen MR) is 83.2 cm³/mol. The van der Waals surface area contributed by atoms with Crippen molar-refractivity contribution in [3.63, 3.8) is 0 Å². The van der Waals surface area contributed by atoms with Crippen molar-refractivity contribution in [3.8, 4) is 0 Å². The molecular weight excluding hydrogens is 280 g/mol. The van der Waals surface area contributed by atoms with E-state index in [4.69, 9.17) is 0 Å². The zero-order valence-electron chi connectivity index (χ0n) is 11.6. The van der Waals surface area contributed by atoms with E-state index >= 15 is 0 Å². The maximum absolute atomic E-state index is 12.1. The molecule has 0 bridgehead atoms. The first-order chi connectivity index (χ1) is 8.59. The number of nitrogens with one attached hydrogen (secondary N) is 2. The van der Waals surface area contributed by atoms with Crippen molar-refractivity contribution < 1.29 is 4.79 Å². The van der Waals surface area contributed by atoms with Crippen LogP contribution in [0.2, 0.25) is 0 Å². The Morgan fingerprint density at radius 1 is 1.58 bits per heavy atom. The van der Waals surface area contributed by atoms with Gasteiger partial charge in [0.2, 0.25) is 5.91 Å². The molecule has 0 radical (unpaired) electrons. The molecule has 1 amide bonds. The molecule has 2 heterocycles. The monoisotopic (exact) mass is 302 g/mol. The fraction of sp³-hybridized carbons (Fsp3) is 0.643. The first-order valence-corrected chi connectivity index (χ1v) is 7.50. The van der Waals surface area contributed by atoms with E-state index in [1.165, 1.54) is 4.88 Å². The number of carbonyl (C=O) groups is 1. The summed E-state index contributed by atoms with van der Waals surface area (Å²) in [5.41, 5.74) is 0.0198. The zero-order valence-corrected chi connectivity index (χ0v) is 13.2. The molecule has 0 aromatic carbocycles. The van der Waals surface area contributed by atoms with Gasteiger partial charge in [0.05, 0.1) is 5.92 Å². The van der Waals surface area contributed by atoms with Crippen LogP contribution in [0, 0.1) is 5.92 Å². The highest BCUT2D eigenvalue weighted by Crippen LogP contribution is 2.26. The zero-order chi connectivity index (χ0) is 13.0. The standard InChI is InChI=1S/C14H22N2OS.ClH/c1-14(2,12-6-4-8-18-12)10-16-13(17)11-5-3-7-15-9-11;/h4,6,8,11,15H,3,5,7,9-10H2,1-2H3,(H,16,17);1H. The van der Waals surface area contributed by atoms with Gasteiger partial charge in [-0.3, -0.25) is 4.79 Å². The summed E-state index contributed by atoms with van der Waals surface area (Å²) in [6, 6.07) is 4.20. The maximum Gasteiger partial charge on any atom is 0.224 e. The Balaban J connectivity index is 0.00000180. The highest BCUT2D eigenvalue weighted by Gasteiger charge is 2.25. The van der Waals surface area contributed by atoms with Crippen molar-refractivity contribution in [2.75, 3.05) is 19.6 Å². The molecular formula is C14H23ClN2OS. The van der Waals surface area contributed by atoms with Crippen molar-refractivity contribution in [1.29, 1.82) is 0 Å². The topological polar surface area (TPSA) is 41.1 Å². The molecule has 19 heavy (non-hydrogen) atoms. The van der Waals surface area contributed by atoms with Gasteiger partial charge in [-0.25, -0.2) is 0 Å². The normalized spacial score (nSPS) is 19.6.